The monoisotopic (exact) mass is 392 g/mol. The summed E-state index contributed by atoms with van der Waals surface area (Å²) >= 11 is 0. The fourth-order valence-electron chi connectivity index (χ4n) is 3.68. The quantitative estimate of drug-likeness (QED) is 0.662. The molecule has 0 spiro atoms. The van der Waals surface area contributed by atoms with E-state index in [1.54, 1.807) is 32.5 Å². The Kier molecular flexibility index (Phi) is 5.55. The van der Waals surface area contributed by atoms with Crippen LogP contribution in [-0.4, -0.2) is 46.0 Å². The number of hydrogen-bond donors (Lipinski definition) is 0. The molecule has 1 unspecified atom stereocenters. The summed E-state index contributed by atoms with van der Waals surface area (Å²) in [5.74, 6) is 2.95. The third kappa shape index (κ3) is 4.45. The molecule has 1 atom stereocenters. The number of likely N-dealkylation sites (tertiary alicyclic amines) is 1. The highest BCUT2D eigenvalue weighted by Gasteiger charge is 2.29. The van der Waals surface area contributed by atoms with Crippen LogP contribution in [0.15, 0.2) is 47.1 Å². The van der Waals surface area contributed by atoms with Crippen molar-refractivity contribution in [2.75, 3.05) is 20.2 Å². The van der Waals surface area contributed by atoms with E-state index < -0.39 is 0 Å². The van der Waals surface area contributed by atoms with E-state index in [0.29, 0.717) is 30.4 Å². The van der Waals surface area contributed by atoms with Gasteiger partial charge < -0.3 is 14.1 Å². The molecule has 0 radical (unpaired) electrons. The van der Waals surface area contributed by atoms with Crippen molar-refractivity contribution in [2.24, 2.45) is 0 Å². The summed E-state index contributed by atoms with van der Waals surface area (Å²) in [6, 6.07) is 9.58. The highest BCUT2D eigenvalue weighted by molar-refractivity contribution is 5.92. The standard InChI is InChI=1S/C22H24N4O3/c1-15-23-9-8-20(25-15)22(27)26-10-4-6-17(14-26)21-24-13-19(29-21)12-16-5-3-7-18(11-16)28-2/h3,5,7-9,11,13,17H,4,6,10,12,14H2,1-2H3. The molecular weight excluding hydrogens is 368 g/mol. The van der Waals surface area contributed by atoms with Crippen LogP contribution < -0.4 is 4.74 Å². The van der Waals surface area contributed by atoms with Gasteiger partial charge in [-0.05, 0) is 43.5 Å². The highest BCUT2D eigenvalue weighted by Crippen LogP contribution is 2.28. The molecule has 0 aliphatic carbocycles. The summed E-state index contributed by atoms with van der Waals surface area (Å²) in [4.78, 5) is 27.5. The number of aromatic nitrogens is 3. The van der Waals surface area contributed by atoms with Crippen molar-refractivity contribution in [3.05, 3.63) is 71.5 Å². The SMILES string of the molecule is COc1cccc(Cc2cnc(C3CCCN(C(=O)c4ccnc(C)n4)C3)o2)c1. The zero-order chi connectivity index (χ0) is 20.2. The summed E-state index contributed by atoms with van der Waals surface area (Å²) in [6.45, 7) is 3.09. The molecule has 0 saturated carbocycles. The number of hydrogen-bond acceptors (Lipinski definition) is 6. The zero-order valence-corrected chi connectivity index (χ0v) is 16.7. The maximum atomic E-state index is 12.8. The Morgan fingerprint density at radius 1 is 1.31 bits per heavy atom. The summed E-state index contributed by atoms with van der Waals surface area (Å²) in [5.41, 5.74) is 1.54. The second-order valence-electron chi connectivity index (χ2n) is 7.27. The fraction of sp³-hybridized carbons (Fsp3) is 0.364. The third-order valence-electron chi connectivity index (χ3n) is 5.14. The molecule has 1 aliphatic rings. The number of benzene rings is 1. The van der Waals surface area contributed by atoms with Crippen molar-refractivity contribution >= 4 is 5.91 Å². The molecule has 1 amide bonds. The number of methoxy groups -OCH3 is 1. The molecule has 7 heteroatoms. The predicted octanol–water partition coefficient (Wildman–Crippen LogP) is 3.39. The number of amides is 1. The van der Waals surface area contributed by atoms with Gasteiger partial charge in [0.25, 0.3) is 5.91 Å². The second kappa shape index (κ2) is 8.43. The Labute approximate surface area is 169 Å². The van der Waals surface area contributed by atoms with Gasteiger partial charge in [0.1, 0.15) is 23.0 Å². The molecule has 29 heavy (non-hydrogen) atoms. The molecule has 1 saturated heterocycles. The minimum atomic E-state index is -0.0663. The van der Waals surface area contributed by atoms with E-state index >= 15 is 0 Å². The van der Waals surface area contributed by atoms with Gasteiger partial charge >= 0.3 is 0 Å². The molecular formula is C22H24N4O3. The molecule has 1 aromatic carbocycles. The van der Waals surface area contributed by atoms with E-state index in [1.807, 2.05) is 29.2 Å². The minimum Gasteiger partial charge on any atom is -0.497 e. The molecule has 4 rings (SSSR count). The number of carbonyl (C=O) groups excluding carboxylic acids is 1. The van der Waals surface area contributed by atoms with E-state index in [0.717, 1.165) is 36.5 Å². The number of carbonyl (C=O) groups is 1. The van der Waals surface area contributed by atoms with Crippen molar-refractivity contribution < 1.29 is 13.9 Å². The van der Waals surface area contributed by atoms with Crippen LogP contribution in [0.4, 0.5) is 0 Å². The fourth-order valence-corrected chi connectivity index (χ4v) is 3.68. The van der Waals surface area contributed by atoms with Crippen LogP contribution in [0.3, 0.4) is 0 Å². The third-order valence-corrected chi connectivity index (χ3v) is 5.14. The largest absolute Gasteiger partial charge is 0.497 e. The van der Waals surface area contributed by atoms with Crippen LogP contribution in [0.25, 0.3) is 0 Å². The number of piperidine rings is 1. The number of nitrogens with zero attached hydrogens (tertiary/aromatic N) is 4. The van der Waals surface area contributed by atoms with Gasteiger partial charge in [0.05, 0.1) is 19.2 Å². The van der Waals surface area contributed by atoms with Crippen LogP contribution in [0, 0.1) is 6.92 Å². The van der Waals surface area contributed by atoms with E-state index in [1.165, 1.54) is 0 Å². The molecule has 0 N–H and O–H groups in total. The van der Waals surface area contributed by atoms with E-state index in [4.69, 9.17) is 9.15 Å². The average Bonchev–Trinajstić information content (AvgIpc) is 3.22. The lowest BCUT2D eigenvalue weighted by Gasteiger charge is -2.31. The second-order valence-corrected chi connectivity index (χ2v) is 7.27. The molecule has 3 aromatic rings. The van der Waals surface area contributed by atoms with Gasteiger partial charge in [-0.15, -0.1) is 0 Å². The Hall–Kier alpha value is -3.22. The number of oxazole rings is 1. The maximum Gasteiger partial charge on any atom is 0.272 e. The first kappa shape index (κ1) is 19.1. The molecule has 1 fully saturated rings. The summed E-state index contributed by atoms with van der Waals surface area (Å²) in [7, 11) is 1.66. The van der Waals surface area contributed by atoms with Gasteiger partial charge in [0, 0.05) is 25.7 Å². The number of aryl methyl sites for hydroxylation is 1. The Balaban J connectivity index is 1.44. The normalized spacial score (nSPS) is 16.6. The predicted molar refractivity (Wildman–Crippen MR) is 107 cm³/mol. The summed E-state index contributed by atoms with van der Waals surface area (Å²) in [6.07, 6.45) is 5.92. The molecule has 3 heterocycles. The Morgan fingerprint density at radius 3 is 3.03 bits per heavy atom. The van der Waals surface area contributed by atoms with Crippen LogP contribution >= 0.6 is 0 Å². The van der Waals surface area contributed by atoms with Gasteiger partial charge in [-0.2, -0.15) is 0 Å². The lowest BCUT2D eigenvalue weighted by Crippen LogP contribution is -2.39. The molecule has 0 bridgehead atoms. The van der Waals surface area contributed by atoms with E-state index in [9.17, 15) is 4.79 Å². The topological polar surface area (TPSA) is 81.4 Å². The zero-order valence-electron chi connectivity index (χ0n) is 16.7. The van der Waals surface area contributed by atoms with Crippen molar-refractivity contribution in [1.29, 1.82) is 0 Å². The first-order chi connectivity index (χ1) is 14.1. The molecule has 2 aromatic heterocycles. The van der Waals surface area contributed by atoms with Crippen molar-refractivity contribution in [2.45, 2.75) is 32.1 Å². The van der Waals surface area contributed by atoms with E-state index in [-0.39, 0.29) is 11.8 Å². The van der Waals surface area contributed by atoms with Crippen LogP contribution in [0.2, 0.25) is 0 Å². The maximum absolute atomic E-state index is 12.8. The van der Waals surface area contributed by atoms with Gasteiger partial charge in [-0.1, -0.05) is 12.1 Å². The average molecular weight is 392 g/mol. The van der Waals surface area contributed by atoms with Gasteiger partial charge in [-0.3, -0.25) is 4.79 Å². The van der Waals surface area contributed by atoms with Crippen molar-refractivity contribution in [1.82, 2.24) is 19.9 Å². The van der Waals surface area contributed by atoms with Crippen LogP contribution in [0.5, 0.6) is 5.75 Å². The number of rotatable bonds is 5. The van der Waals surface area contributed by atoms with Crippen molar-refractivity contribution in [3.8, 4) is 5.75 Å². The minimum absolute atomic E-state index is 0.0663. The van der Waals surface area contributed by atoms with Crippen LogP contribution in [0.1, 0.15) is 52.3 Å². The highest BCUT2D eigenvalue weighted by atomic mass is 16.5. The van der Waals surface area contributed by atoms with Crippen molar-refractivity contribution in [3.63, 3.8) is 0 Å². The molecule has 7 nitrogen and oxygen atoms in total. The Bertz CT molecular complexity index is 1000. The Morgan fingerprint density at radius 2 is 2.21 bits per heavy atom. The molecule has 150 valence electrons. The first-order valence-electron chi connectivity index (χ1n) is 9.79. The first-order valence-corrected chi connectivity index (χ1v) is 9.79. The van der Waals surface area contributed by atoms with E-state index in [2.05, 4.69) is 15.0 Å². The lowest BCUT2D eigenvalue weighted by molar-refractivity contribution is 0.0691. The van der Waals surface area contributed by atoms with Gasteiger partial charge in [-0.25, -0.2) is 15.0 Å². The van der Waals surface area contributed by atoms with Crippen LogP contribution in [-0.2, 0) is 6.42 Å². The lowest BCUT2D eigenvalue weighted by atomic mass is 9.97. The molecule has 1 aliphatic heterocycles. The van der Waals surface area contributed by atoms with Gasteiger partial charge in [0.2, 0.25) is 0 Å². The summed E-state index contributed by atoms with van der Waals surface area (Å²) in [5, 5.41) is 0. The smallest absolute Gasteiger partial charge is 0.272 e. The number of ether oxygens (including phenoxy) is 1. The van der Waals surface area contributed by atoms with Gasteiger partial charge in [0.15, 0.2) is 5.89 Å². The summed E-state index contributed by atoms with van der Waals surface area (Å²) < 4.78 is 11.3.